The summed E-state index contributed by atoms with van der Waals surface area (Å²) in [5, 5.41) is 12.7. The molecule has 7 nitrogen and oxygen atoms in total. The van der Waals surface area contributed by atoms with E-state index in [1.54, 1.807) is 0 Å². The van der Waals surface area contributed by atoms with E-state index >= 15 is 0 Å². The van der Waals surface area contributed by atoms with Crippen LogP contribution in [0, 0.1) is 5.92 Å². The fraction of sp³-hybridized carbons (Fsp3) is 0.550. The lowest BCUT2D eigenvalue weighted by Crippen LogP contribution is -2.59. The molecule has 0 aromatic heterocycles. The van der Waals surface area contributed by atoms with Gasteiger partial charge in [-0.15, -0.1) is 11.8 Å². The number of nitrogens with zero attached hydrogens (tertiary/aromatic N) is 1. The summed E-state index contributed by atoms with van der Waals surface area (Å²) in [6, 6.07) is 7.24. The van der Waals surface area contributed by atoms with Gasteiger partial charge in [-0.1, -0.05) is 44.2 Å². The number of imide groups is 1. The molecule has 0 saturated carbocycles. The Hall–Kier alpha value is -1.90. The van der Waals surface area contributed by atoms with Crippen LogP contribution in [-0.4, -0.2) is 58.2 Å². The quantitative estimate of drug-likeness (QED) is 0.650. The van der Waals surface area contributed by atoms with Gasteiger partial charge in [-0.05, 0) is 24.8 Å². The Kier molecular flexibility index (Phi) is 8.03. The van der Waals surface area contributed by atoms with Crippen molar-refractivity contribution in [2.75, 3.05) is 12.3 Å². The second kappa shape index (κ2) is 10.0. The molecule has 1 aliphatic heterocycles. The van der Waals surface area contributed by atoms with Crippen LogP contribution in [0.25, 0.3) is 0 Å². The van der Waals surface area contributed by atoms with Crippen molar-refractivity contribution in [2.45, 2.75) is 50.6 Å². The van der Waals surface area contributed by atoms with Crippen molar-refractivity contribution in [1.29, 1.82) is 0 Å². The molecule has 4 atom stereocenters. The molecule has 0 unspecified atom stereocenters. The van der Waals surface area contributed by atoms with Gasteiger partial charge in [0.1, 0.15) is 12.1 Å². The van der Waals surface area contributed by atoms with E-state index in [0.717, 1.165) is 10.5 Å². The number of nitrogens with one attached hydrogen (secondary N) is 1. The molecule has 1 heterocycles. The van der Waals surface area contributed by atoms with Crippen LogP contribution in [0.4, 0.5) is 0 Å². The predicted molar refractivity (Wildman–Crippen MR) is 109 cm³/mol. The molecule has 0 aliphatic carbocycles. The molecule has 2 rings (SSSR count). The van der Waals surface area contributed by atoms with Crippen molar-refractivity contribution in [3.8, 4) is 0 Å². The third-order valence-corrected chi connectivity index (χ3v) is 5.83. The van der Waals surface area contributed by atoms with Gasteiger partial charge in [0.2, 0.25) is 11.8 Å². The number of carbonyl (C=O) groups excluding carboxylic acids is 3. The average molecular weight is 408 g/mol. The van der Waals surface area contributed by atoms with Crippen LogP contribution >= 0.6 is 11.8 Å². The number of thioether (sulfide) groups is 1. The molecule has 154 valence electrons. The van der Waals surface area contributed by atoms with E-state index in [-0.39, 0.29) is 12.3 Å². The minimum absolute atomic E-state index is 0.0495. The zero-order valence-corrected chi connectivity index (χ0v) is 17.3. The zero-order valence-electron chi connectivity index (χ0n) is 16.5. The fourth-order valence-electron chi connectivity index (χ4n) is 3.18. The van der Waals surface area contributed by atoms with Gasteiger partial charge < -0.3 is 16.2 Å². The molecular weight excluding hydrogens is 378 g/mol. The molecule has 4 N–H and O–H groups in total. The Bertz CT molecular complexity index is 696. The van der Waals surface area contributed by atoms with Crippen LogP contribution in [0.2, 0.25) is 0 Å². The van der Waals surface area contributed by atoms with E-state index in [1.807, 2.05) is 44.2 Å². The molecule has 1 fully saturated rings. The van der Waals surface area contributed by atoms with Gasteiger partial charge in [0.05, 0.1) is 11.3 Å². The molecule has 0 spiro atoms. The second-order valence-electron chi connectivity index (χ2n) is 7.42. The summed E-state index contributed by atoms with van der Waals surface area (Å²) in [7, 11) is 0. The third-order valence-electron chi connectivity index (χ3n) is 4.50. The monoisotopic (exact) mass is 407 g/mol. The number of amides is 3. The van der Waals surface area contributed by atoms with Crippen LogP contribution in [0.3, 0.4) is 0 Å². The highest BCUT2D eigenvalue weighted by Gasteiger charge is 2.44. The number of hydrogen-bond acceptors (Lipinski definition) is 6. The molecule has 28 heavy (non-hydrogen) atoms. The van der Waals surface area contributed by atoms with E-state index in [0.29, 0.717) is 12.3 Å². The topological polar surface area (TPSA) is 113 Å². The highest BCUT2D eigenvalue weighted by Crippen LogP contribution is 2.36. The number of rotatable bonds is 6. The van der Waals surface area contributed by atoms with Gasteiger partial charge >= 0.3 is 0 Å². The molecule has 0 bridgehead atoms. The van der Waals surface area contributed by atoms with Crippen LogP contribution in [0.15, 0.2) is 30.3 Å². The summed E-state index contributed by atoms with van der Waals surface area (Å²) in [4.78, 5) is 39.8. The standard InChI is InChI=1S/C20H29N3O4S/c1-12(2)11-15(24)20(27)23(19(26)13(3)21)16-17(14-7-5-4-6-8-14)28-10-9-22-18(16)25/h4-8,12-13,15-17,24H,9-11,21H2,1-3H3,(H,22,25)/t13-,15-,16-,17+/m0/s1. The van der Waals surface area contributed by atoms with Gasteiger partial charge in [-0.2, -0.15) is 0 Å². The lowest BCUT2D eigenvalue weighted by atomic mass is 9.99. The number of carbonyl (C=O) groups is 3. The Morgan fingerprint density at radius 3 is 2.46 bits per heavy atom. The Morgan fingerprint density at radius 2 is 1.89 bits per heavy atom. The van der Waals surface area contributed by atoms with Crippen LogP contribution in [0.5, 0.6) is 0 Å². The molecule has 3 amide bonds. The smallest absolute Gasteiger partial charge is 0.258 e. The van der Waals surface area contributed by atoms with E-state index in [2.05, 4.69) is 5.32 Å². The van der Waals surface area contributed by atoms with Crippen molar-refractivity contribution < 1.29 is 19.5 Å². The molecule has 1 aromatic rings. The highest BCUT2D eigenvalue weighted by molar-refractivity contribution is 7.99. The summed E-state index contributed by atoms with van der Waals surface area (Å²) in [5.74, 6) is -1.17. The van der Waals surface area contributed by atoms with Gasteiger partial charge in [-0.25, -0.2) is 0 Å². The SMILES string of the molecule is CC(C)C[C@H](O)C(=O)N(C(=O)[C@H](C)N)[C@@H]1C(=O)NCCS[C@@H]1c1ccccc1. The lowest BCUT2D eigenvalue weighted by molar-refractivity contribution is -0.158. The van der Waals surface area contributed by atoms with Gasteiger partial charge in [-0.3, -0.25) is 19.3 Å². The predicted octanol–water partition coefficient (Wildman–Crippen LogP) is 1.07. The normalized spacial score (nSPS) is 22.1. The zero-order chi connectivity index (χ0) is 20.8. The highest BCUT2D eigenvalue weighted by atomic mass is 32.2. The molecular formula is C20H29N3O4S. The van der Waals surface area contributed by atoms with Crippen molar-refractivity contribution in [3.05, 3.63) is 35.9 Å². The summed E-state index contributed by atoms with van der Waals surface area (Å²) >= 11 is 1.50. The number of benzene rings is 1. The van der Waals surface area contributed by atoms with E-state index in [4.69, 9.17) is 5.73 Å². The molecule has 0 radical (unpaired) electrons. The summed E-state index contributed by atoms with van der Waals surface area (Å²) < 4.78 is 0. The maximum atomic E-state index is 13.1. The number of hydrogen-bond donors (Lipinski definition) is 3. The van der Waals surface area contributed by atoms with Gasteiger partial charge in [0.25, 0.3) is 5.91 Å². The number of nitrogens with two attached hydrogens (primary N) is 1. The van der Waals surface area contributed by atoms with Crippen LogP contribution in [0.1, 0.15) is 38.0 Å². The van der Waals surface area contributed by atoms with Crippen molar-refractivity contribution in [2.24, 2.45) is 11.7 Å². The first-order chi connectivity index (χ1) is 13.2. The van der Waals surface area contributed by atoms with Crippen molar-refractivity contribution >= 4 is 29.5 Å². The van der Waals surface area contributed by atoms with Crippen molar-refractivity contribution in [3.63, 3.8) is 0 Å². The van der Waals surface area contributed by atoms with Crippen LogP contribution < -0.4 is 11.1 Å². The van der Waals surface area contributed by atoms with Crippen molar-refractivity contribution in [1.82, 2.24) is 10.2 Å². The van der Waals surface area contributed by atoms with Gasteiger partial charge in [0.15, 0.2) is 0 Å². The maximum Gasteiger partial charge on any atom is 0.258 e. The molecule has 8 heteroatoms. The Morgan fingerprint density at radius 1 is 1.25 bits per heavy atom. The first kappa shape index (κ1) is 22.4. The summed E-state index contributed by atoms with van der Waals surface area (Å²) in [6.07, 6.45) is -1.18. The number of aliphatic hydroxyl groups is 1. The Labute approximate surface area is 170 Å². The first-order valence-electron chi connectivity index (χ1n) is 9.48. The minimum Gasteiger partial charge on any atom is -0.383 e. The second-order valence-corrected chi connectivity index (χ2v) is 8.67. The largest absolute Gasteiger partial charge is 0.383 e. The summed E-state index contributed by atoms with van der Waals surface area (Å²) in [5.41, 5.74) is 6.62. The average Bonchev–Trinajstić information content (AvgIpc) is 2.84. The fourth-order valence-corrected chi connectivity index (χ4v) is 4.43. The maximum absolute atomic E-state index is 13.1. The molecule has 1 saturated heterocycles. The minimum atomic E-state index is -1.37. The Balaban J connectivity index is 2.50. The third kappa shape index (κ3) is 5.33. The first-order valence-corrected chi connectivity index (χ1v) is 10.5. The van der Waals surface area contributed by atoms with E-state index in [1.165, 1.54) is 18.7 Å². The van der Waals surface area contributed by atoms with E-state index < -0.39 is 41.2 Å². The molecule has 1 aliphatic rings. The number of aliphatic hydroxyl groups excluding tert-OH is 1. The summed E-state index contributed by atoms with van der Waals surface area (Å²) in [6.45, 7) is 5.65. The van der Waals surface area contributed by atoms with Crippen LogP contribution in [-0.2, 0) is 14.4 Å². The lowest BCUT2D eigenvalue weighted by Gasteiger charge is -2.35. The van der Waals surface area contributed by atoms with Gasteiger partial charge in [0, 0.05) is 12.3 Å². The molecule has 1 aromatic carbocycles. The van der Waals surface area contributed by atoms with E-state index in [9.17, 15) is 19.5 Å².